The number of non-ortho nitro benzene ring substituents is 1. The quantitative estimate of drug-likeness (QED) is 0.485. The van der Waals surface area contributed by atoms with Crippen LogP contribution in [0.4, 0.5) is 17.5 Å². The molecule has 0 spiro atoms. The maximum atomic E-state index is 10.8. The van der Waals surface area contributed by atoms with Gasteiger partial charge < -0.3 is 10.6 Å². The van der Waals surface area contributed by atoms with E-state index in [-0.39, 0.29) is 5.69 Å². The van der Waals surface area contributed by atoms with E-state index in [1.54, 1.807) is 19.2 Å². The van der Waals surface area contributed by atoms with E-state index in [9.17, 15) is 10.1 Å². The Bertz CT molecular complexity index is 641. The Balaban J connectivity index is 2.61. The molecule has 1 aromatic heterocycles. The molecule has 7 nitrogen and oxygen atoms in total. The van der Waals surface area contributed by atoms with Gasteiger partial charge in [-0.25, -0.2) is 4.98 Å². The predicted octanol–water partition coefficient (Wildman–Crippen LogP) is 2.18. The Morgan fingerprint density at radius 2 is 2.26 bits per heavy atom. The Morgan fingerprint density at radius 3 is 2.89 bits per heavy atom. The van der Waals surface area contributed by atoms with Crippen molar-refractivity contribution >= 4 is 28.4 Å². The first-order chi connectivity index (χ1) is 9.15. The minimum atomic E-state index is -0.442. The van der Waals surface area contributed by atoms with Crippen LogP contribution in [0.5, 0.6) is 0 Å². The molecule has 7 heteroatoms. The summed E-state index contributed by atoms with van der Waals surface area (Å²) in [4.78, 5) is 18.9. The van der Waals surface area contributed by atoms with E-state index in [0.717, 1.165) is 0 Å². The topological polar surface area (TPSA) is 93.0 Å². The summed E-state index contributed by atoms with van der Waals surface area (Å²) >= 11 is 0. The smallest absolute Gasteiger partial charge is 0.270 e. The van der Waals surface area contributed by atoms with Gasteiger partial charge >= 0.3 is 0 Å². The summed E-state index contributed by atoms with van der Waals surface area (Å²) in [6.45, 7) is 4.13. The molecule has 0 atom stereocenters. The lowest BCUT2D eigenvalue weighted by Crippen LogP contribution is -2.05. The molecule has 19 heavy (non-hydrogen) atoms. The molecule has 0 saturated heterocycles. The van der Waals surface area contributed by atoms with Crippen molar-refractivity contribution in [3.05, 3.63) is 41.0 Å². The van der Waals surface area contributed by atoms with Crippen molar-refractivity contribution in [2.24, 2.45) is 0 Å². The van der Waals surface area contributed by atoms with E-state index in [1.807, 2.05) is 0 Å². The van der Waals surface area contributed by atoms with Crippen LogP contribution in [0.1, 0.15) is 0 Å². The van der Waals surface area contributed by atoms with E-state index in [2.05, 4.69) is 27.2 Å². The normalized spacial score (nSPS) is 10.2. The summed E-state index contributed by atoms with van der Waals surface area (Å²) in [6, 6.07) is 4.49. The van der Waals surface area contributed by atoms with Crippen LogP contribution in [0.15, 0.2) is 30.9 Å². The number of nitro groups is 1. The number of nitrogens with zero attached hydrogens (tertiary/aromatic N) is 3. The highest BCUT2D eigenvalue weighted by molar-refractivity contribution is 5.91. The number of nitro benzene ring substituents is 1. The molecule has 0 aliphatic rings. The minimum absolute atomic E-state index is 0.00922. The molecule has 0 aliphatic heterocycles. The van der Waals surface area contributed by atoms with Gasteiger partial charge in [-0.15, -0.1) is 6.58 Å². The molecule has 2 N–H and O–H groups in total. The summed E-state index contributed by atoms with van der Waals surface area (Å²) in [7, 11) is 1.71. The zero-order valence-corrected chi connectivity index (χ0v) is 10.4. The van der Waals surface area contributed by atoms with Crippen molar-refractivity contribution in [1.82, 2.24) is 9.97 Å². The molecular weight excluding hydrogens is 246 g/mol. The van der Waals surface area contributed by atoms with E-state index < -0.39 is 4.92 Å². The fourth-order valence-electron chi connectivity index (χ4n) is 1.65. The third-order valence-corrected chi connectivity index (χ3v) is 2.53. The number of hydrogen-bond acceptors (Lipinski definition) is 6. The van der Waals surface area contributed by atoms with Gasteiger partial charge in [-0.05, 0) is 6.07 Å². The van der Waals surface area contributed by atoms with E-state index in [0.29, 0.717) is 29.2 Å². The molecule has 0 unspecified atom stereocenters. The van der Waals surface area contributed by atoms with Crippen molar-refractivity contribution in [3.8, 4) is 0 Å². The third kappa shape index (κ3) is 2.59. The number of aromatic nitrogens is 2. The Morgan fingerprint density at radius 1 is 1.47 bits per heavy atom. The lowest BCUT2D eigenvalue weighted by molar-refractivity contribution is -0.384. The van der Waals surface area contributed by atoms with Gasteiger partial charge in [0, 0.05) is 31.1 Å². The van der Waals surface area contributed by atoms with Crippen LogP contribution in [-0.4, -0.2) is 28.5 Å². The van der Waals surface area contributed by atoms with Gasteiger partial charge in [0.05, 0.1) is 10.4 Å². The van der Waals surface area contributed by atoms with Crippen LogP contribution in [0, 0.1) is 10.1 Å². The van der Waals surface area contributed by atoms with Crippen LogP contribution in [0.2, 0.25) is 0 Å². The van der Waals surface area contributed by atoms with Crippen LogP contribution < -0.4 is 10.6 Å². The Labute approximate surface area is 109 Å². The van der Waals surface area contributed by atoms with Crippen LogP contribution in [-0.2, 0) is 0 Å². The third-order valence-electron chi connectivity index (χ3n) is 2.53. The number of rotatable bonds is 5. The van der Waals surface area contributed by atoms with Crippen LogP contribution in [0.3, 0.4) is 0 Å². The SMILES string of the molecule is C=CCNc1nc(NC)nc2ccc([N+](=O)[O-])cc12. The highest BCUT2D eigenvalue weighted by Crippen LogP contribution is 2.26. The zero-order chi connectivity index (χ0) is 13.8. The Hall–Kier alpha value is -2.70. The number of benzene rings is 1. The number of hydrogen-bond donors (Lipinski definition) is 2. The fourth-order valence-corrected chi connectivity index (χ4v) is 1.65. The summed E-state index contributed by atoms with van der Waals surface area (Å²) in [5.74, 6) is 0.992. The largest absolute Gasteiger partial charge is 0.366 e. The van der Waals surface area contributed by atoms with Gasteiger partial charge in [-0.3, -0.25) is 10.1 Å². The van der Waals surface area contributed by atoms with Crippen molar-refractivity contribution in [2.75, 3.05) is 24.2 Å². The van der Waals surface area contributed by atoms with Gasteiger partial charge in [-0.1, -0.05) is 6.08 Å². The summed E-state index contributed by atoms with van der Waals surface area (Å²) in [5.41, 5.74) is 0.645. The maximum Gasteiger partial charge on any atom is 0.270 e. The molecular formula is C12H13N5O2. The minimum Gasteiger partial charge on any atom is -0.366 e. The fraction of sp³-hybridized carbons (Fsp3) is 0.167. The molecule has 1 heterocycles. The van der Waals surface area contributed by atoms with Crippen LogP contribution in [0.25, 0.3) is 10.9 Å². The summed E-state index contributed by atoms with van der Waals surface area (Å²) < 4.78 is 0. The number of fused-ring (bicyclic) bond motifs is 1. The lowest BCUT2D eigenvalue weighted by Gasteiger charge is -2.09. The molecule has 0 bridgehead atoms. The van der Waals surface area contributed by atoms with Crippen molar-refractivity contribution < 1.29 is 4.92 Å². The first-order valence-corrected chi connectivity index (χ1v) is 5.64. The lowest BCUT2D eigenvalue weighted by atomic mass is 10.2. The molecule has 0 amide bonds. The van der Waals surface area contributed by atoms with Crippen LogP contribution >= 0.6 is 0 Å². The second-order valence-corrected chi connectivity index (χ2v) is 3.77. The maximum absolute atomic E-state index is 10.8. The van der Waals surface area contributed by atoms with Gasteiger partial charge in [0.15, 0.2) is 0 Å². The number of anilines is 2. The predicted molar refractivity (Wildman–Crippen MR) is 74.4 cm³/mol. The molecule has 0 fully saturated rings. The first-order valence-electron chi connectivity index (χ1n) is 5.64. The van der Waals surface area contributed by atoms with E-state index >= 15 is 0 Å². The van der Waals surface area contributed by atoms with Crippen molar-refractivity contribution in [1.29, 1.82) is 0 Å². The van der Waals surface area contributed by atoms with Crippen molar-refractivity contribution in [3.63, 3.8) is 0 Å². The average molecular weight is 259 g/mol. The second kappa shape index (κ2) is 5.30. The zero-order valence-electron chi connectivity index (χ0n) is 10.4. The van der Waals surface area contributed by atoms with Gasteiger partial charge in [0.2, 0.25) is 5.95 Å². The standard InChI is InChI=1S/C12H13N5O2/c1-3-6-14-11-9-7-8(17(18)19)4-5-10(9)15-12(13-2)16-11/h3-5,7H,1,6H2,2H3,(H2,13,14,15,16). The van der Waals surface area contributed by atoms with Gasteiger partial charge in [0.25, 0.3) is 5.69 Å². The second-order valence-electron chi connectivity index (χ2n) is 3.77. The van der Waals surface area contributed by atoms with Gasteiger partial charge in [-0.2, -0.15) is 4.98 Å². The molecule has 0 radical (unpaired) electrons. The molecule has 0 aliphatic carbocycles. The highest BCUT2D eigenvalue weighted by atomic mass is 16.6. The van der Waals surface area contributed by atoms with E-state index in [1.165, 1.54) is 12.1 Å². The Kier molecular flexibility index (Phi) is 3.56. The number of nitrogens with one attached hydrogen (secondary N) is 2. The monoisotopic (exact) mass is 259 g/mol. The van der Waals surface area contributed by atoms with E-state index in [4.69, 9.17) is 0 Å². The average Bonchev–Trinajstić information content (AvgIpc) is 2.43. The van der Waals surface area contributed by atoms with Crippen molar-refractivity contribution in [2.45, 2.75) is 0 Å². The summed E-state index contributed by atoms with van der Waals surface area (Å²) in [6.07, 6.45) is 1.68. The molecule has 0 saturated carbocycles. The molecule has 98 valence electrons. The van der Waals surface area contributed by atoms with Gasteiger partial charge in [0.1, 0.15) is 5.82 Å². The molecule has 1 aromatic carbocycles. The first kappa shape index (κ1) is 12.7. The molecule has 2 rings (SSSR count). The highest BCUT2D eigenvalue weighted by Gasteiger charge is 2.12. The summed E-state index contributed by atoms with van der Waals surface area (Å²) in [5, 5.41) is 17.3. The molecule has 2 aromatic rings.